The first kappa shape index (κ1) is 16.5. The topological polar surface area (TPSA) is 41.1 Å². The summed E-state index contributed by atoms with van der Waals surface area (Å²) in [6.45, 7) is 10.7. The Hall–Kier alpha value is -0.570. The third kappa shape index (κ3) is 5.94. The number of carbonyl (C=O) groups excluding carboxylic acids is 1. The van der Waals surface area contributed by atoms with Gasteiger partial charge in [-0.1, -0.05) is 40.0 Å². The molecule has 1 saturated heterocycles. The van der Waals surface area contributed by atoms with Crippen LogP contribution in [0.3, 0.4) is 0 Å². The van der Waals surface area contributed by atoms with Crippen molar-refractivity contribution in [2.75, 3.05) is 13.1 Å². The molecule has 2 N–H and O–H groups in total. The molecule has 112 valence electrons. The fourth-order valence-electron chi connectivity index (χ4n) is 2.80. The fraction of sp³-hybridized carbons (Fsp3) is 0.938. The van der Waals surface area contributed by atoms with E-state index >= 15 is 0 Å². The van der Waals surface area contributed by atoms with E-state index in [0.717, 1.165) is 25.9 Å². The molecule has 0 aromatic heterocycles. The zero-order valence-electron chi connectivity index (χ0n) is 13.2. The second-order valence-corrected chi connectivity index (χ2v) is 6.83. The van der Waals surface area contributed by atoms with Gasteiger partial charge in [0.25, 0.3) is 0 Å². The highest BCUT2D eigenvalue weighted by molar-refractivity contribution is 5.79. The highest BCUT2D eigenvalue weighted by Crippen LogP contribution is 2.23. The van der Waals surface area contributed by atoms with Crippen LogP contribution in [0.2, 0.25) is 0 Å². The minimum Gasteiger partial charge on any atom is -0.355 e. The maximum absolute atomic E-state index is 12.2. The predicted octanol–water partition coefficient (Wildman–Crippen LogP) is 3.10. The average molecular weight is 268 g/mol. The van der Waals surface area contributed by atoms with Crippen molar-refractivity contribution in [3.63, 3.8) is 0 Å². The monoisotopic (exact) mass is 268 g/mol. The minimum absolute atomic E-state index is 0.153. The summed E-state index contributed by atoms with van der Waals surface area (Å²) in [5.74, 6) is 0.392. The largest absolute Gasteiger partial charge is 0.355 e. The van der Waals surface area contributed by atoms with E-state index in [4.69, 9.17) is 0 Å². The number of hydrogen-bond donors (Lipinski definition) is 2. The average Bonchev–Trinajstić information content (AvgIpc) is 2.37. The van der Waals surface area contributed by atoms with E-state index < -0.39 is 0 Å². The van der Waals surface area contributed by atoms with Crippen molar-refractivity contribution in [1.29, 1.82) is 0 Å². The molecular formula is C16H32N2O. The number of hydrogen-bond acceptors (Lipinski definition) is 2. The number of piperidine rings is 1. The van der Waals surface area contributed by atoms with E-state index in [-0.39, 0.29) is 17.2 Å². The highest BCUT2D eigenvalue weighted by atomic mass is 16.1. The van der Waals surface area contributed by atoms with Crippen LogP contribution in [0.25, 0.3) is 0 Å². The number of nitrogens with one attached hydrogen (secondary N) is 2. The Morgan fingerprint density at radius 1 is 1.37 bits per heavy atom. The van der Waals surface area contributed by atoms with Crippen LogP contribution < -0.4 is 10.6 Å². The standard InChI is InChI=1S/C16H32N2O/c1-5-6-7-10-16(3,4)12-18-15(19)14-9-8-11-17-13(14)2/h13-14,17H,5-12H2,1-4H3,(H,18,19). The van der Waals surface area contributed by atoms with Crippen LogP contribution >= 0.6 is 0 Å². The Morgan fingerprint density at radius 3 is 2.74 bits per heavy atom. The molecule has 1 amide bonds. The maximum Gasteiger partial charge on any atom is 0.224 e. The summed E-state index contributed by atoms with van der Waals surface area (Å²) in [5, 5.41) is 6.56. The van der Waals surface area contributed by atoms with Gasteiger partial charge in [0.2, 0.25) is 5.91 Å². The Labute approximate surface area is 118 Å². The number of unbranched alkanes of at least 4 members (excludes halogenated alkanes) is 2. The lowest BCUT2D eigenvalue weighted by Crippen LogP contribution is -2.48. The van der Waals surface area contributed by atoms with E-state index in [0.29, 0.717) is 6.04 Å². The fourth-order valence-corrected chi connectivity index (χ4v) is 2.80. The second kappa shape index (κ2) is 7.88. The van der Waals surface area contributed by atoms with E-state index in [1.807, 2.05) is 0 Å². The first-order valence-corrected chi connectivity index (χ1v) is 7.97. The summed E-state index contributed by atoms with van der Waals surface area (Å²) < 4.78 is 0. The van der Waals surface area contributed by atoms with E-state index in [2.05, 4.69) is 38.3 Å². The number of carbonyl (C=O) groups is 1. The van der Waals surface area contributed by atoms with Crippen LogP contribution in [0.4, 0.5) is 0 Å². The first-order valence-electron chi connectivity index (χ1n) is 7.97. The van der Waals surface area contributed by atoms with Gasteiger partial charge in [0.15, 0.2) is 0 Å². The molecule has 0 aromatic rings. The van der Waals surface area contributed by atoms with Crippen molar-refractivity contribution in [1.82, 2.24) is 10.6 Å². The lowest BCUT2D eigenvalue weighted by Gasteiger charge is -2.31. The van der Waals surface area contributed by atoms with Crippen LogP contribution in [0, 0.1) is 11.3 Å². The summed E-state index contributed by atoms with van der Waals surface area (Å²) in [4.78, 5) is 12.2. The molecule has 3 heteroatoms. The zero-order chi connectivity index (χ0) is 14.3. The summed E-state index contributed by atoms with van der Waals surface area (Å²) in [6, 6.07) is 0.317. The van der Waals surface area contributed by atoms with Crippen LogP contribution in [0.1, 0.15) is 66.2 Å². The Bertz CT molecular complexity index is 276. The molecule has 1 aliphatic heterocycles. The van der Waals surface area contributed by atoms with Crippen molar-refractivity contribution < 1.29 is 4.79 Å². The predicted molar refractivity (Wildman–Crippen MR) is 81.1 cm³/mol. The molecule has 0 aliphatic carbocycles. The van der Waals surface area contributed by atoms with E-state index in [1.54, 1.807) is 0 Å². The van der Waals surface area contributed by atoms with Crippen molar-refractivity contribution in [3.05, 3.63) is 0 Å². The normalized spacial score (nSPS) is 24.2. The van der Waals surface area contributed by atoms with Gasteiger partial charge < -0.3 is 10.6 Å². The Kier molecular flexibility index (Phi) is 6.84. The molecule has 2 unspecified atom stereocenters. The van der Waals surface area contributed by atoms with E-state index in [9.17, 15) is 4.79 Å². The van der Waals surface area contributed by atoms with Gasteiger partial charge in [0.1, 0.15) is 0 Å². The number of amides is 1. The molecule has 1 fully saturated rings. The molecule has 1 rings (SSSR count). The van der Waals surface area contributed by atoms with Crippen LogP contribution in [-0.4, -0.2) is 25.0 Å². The van der Waals surface area contributed by atoms with Crippen molar-refractivity contribution in [2.45, 2.75) is 72.3 Å². The first-order chi connectivity index (χ1) is 8.96. The van der Waals surface area contributed by atoms with Gasteiger partial charge in [-0.3, -0.25) is 4.79 Å². The van der Waals surface area contributed by atoms with Gasteiger partial charge in [-0.05, 0) is 38.1 Å². The summed E-state index contributed by atoms with van der Waals surface area (Å²) in [5.41, 5.74) is 0.218. The van der Waals surface area contributed by atoms with Gasteiger partial charge in [-0.25, -0.2) is 0 Å². The summed E-state index contributed by atoms with van der Waals surface area (Å²) in [7, 11) is 0. The minimum atomic E-state index is 0.153. The molecule has 1 heterocycles. The lowest BCUT2D eigenvalue weighted by atomic mass is 9.86. The molecule has 3 nitrogen and oxygen atoms in total. The van der Waals surface area contributed by atoms with Gasteiger partial charge in [-0.15, -0.1) is 0 Å². The summed E-state index contributed by atoms with van der Waals surface area (Å²) >= 11 is 0. The molecule has 0 radical (unpaired) electrons. The quantitative estimate of drug-likeness (QED) is 0.697. The SMILES string of the molecule is CCCCCC(C)(C)CNC(=O)C1CCCNC1C. The van der Waals surface area contributed by atoms with Gasteiger partial charge in [0, 0.05) is 12.6 Å². The van der Waals surface area contributed by atoms with Gasteiger partial charge in [0.05, 0.1) is 5.92 Å². The Morgan fingerprint density at radius 2 is 2.11 bits per heavy atom. The number of rotatable bonds is 7. The summed E-state index contributed by atoms with van der Waals surface area (Å²) in [6.07, 6.45) is 7.15. The highest BCUT2D eigenvalue weighted by Gasteiger charge is 2.28. The van der Waals surface area contributed by atoms with Crippen molar-refractivity contribution in [2.24, 2.45) is 11.3 Å². The lowest BCUT2D eigenvalue weighted by molar-refractivity contribution is -0.127. The van der Waals surface area contributed by atoms with Crippen LogP contribution in [0.15, 0.2) is 0 Å². The molecule has 0 bridgehead atoms. The molecule has 2 atom stereocenters. The van der Waals surface area contributed by atoms with Crippen molar-refractivity contribution >= 4 is 5.91 Å². The smallest absolute Gasteiger partial charge is 0.224 e. The zero-order valence-corrected chi connectivity index (χ0v) is 13.2. The van der Waals surface area contributed by atoms with Crippen LogP contribution in [0.5, 0.6) is 0 Å². The molecular weight excluding hydrogens is 236 g/mol. The van der Waals surface area contributed by atoms with Gasteiger partial charge >= 0.3 is 0 Å². The molecule has 0 saturated carbocycles. The molecule has 1 aliphatic rings. The van der Waals surface area contributed by atoms with Crippen molar-refractivity contribution in [3.8, 4) is 0 Å². The molecule has 19 heavy (non-hydrogen) atoms. The molecule has 0 spiro atoms. The Balaban J connectivity index is 2.31. The second-order valence-electron chi connectivity index (χ2n) is 6.83. The van der Waals surface area contributed by atoms with E-state index in [1.165, 1.54) is 25.7 Å². The third-order valence-electron chi connectivity index (χ3n) is 4.30. The molecule has 0 aromatic carbocycles. The van der Waals surface area contributed by atoms with Crippen LogP contribution in [-0.2, 0) is 4.79 Å². The third-order valence-corrected chi connectivity index (χ3v) is 4.30. The van der Waals surface area contributed by atoms with Gasteiger partial charge in [-0.2, -0.15) is 0 Å². The maximum atomic E-state index is 12.2.